The van der Waals surface area contributed by atoms with Gasteiger partial charge in [-0.1, -0.05) is 6.07 Å². The Morgan fingerprint density at radius 3 is 2.92 bits per heavy atom. The molecule has 2 aliphatic heterocycles. The highest BCUT2D eigenvalue weighted by Crippen LogP contribution is 2.31. The van der Waals surface area contributed by atoms with Crippen molar-refractivity contribution in [2.45, 2.75) is 25.3 Å². The molecule has 0 spiro atoms. The van der Waals surface area contributed by atoms with Gasteiger partial charge in [-0.2, -0.15) is 0 Å². The van der Waals surface area contributed by atoms with Crippen LogP contribution in [0.15, 0.2) is 18.2 Å². The molecule has 7 nitrogen and oxygen atoms in total. The lowest BCUT2D eigenvalue weighted by atomic mass is 10.00. The monoisotopic (exact) mass is 381 g/mol. The van der Waals surface area contributed by atoms with Crippen LogP contribution in [0, 0.1) is 0 Å². The zero-order valence-electron chi connectivity index (χ0n) is 15.2. The third-order valence-electron chi connectivity index (χ3n) is 5.21. The van der Waals surface area contributed by atoms with E-state index in [1.165, 1.54) is 0 Å². The number of anilines is 2. The van der Waals surface area contributed by atoms with Gasteiger partial charge in [0, 0.05) is 37.6 Å². The van der Waals surface area contributed by atoms with E-state index < -0.39 is 9.84 Å². The predicted octanol–water partition coefficient (Wildman–Crippen LogP) is 0.684. The van der Waals surface area contributed by atoms with Crippen molar-refractivity contribution in [3.05, 3.63) is 23.8 Å². The largest absolute Gasteiger partial charge is 0.398 e. The van der Waals surface area contributed by atoms with E-state index in [-0.39, 0.29) is 30.0 Å². The maximum atomic E-state index is 13.0. The van der Waals surface area contributed by atoms with Crippen LogP contribution in [0.1, 0.15) is 18.4 Å². The third kappa shape index (κ3) is 4.12. The molecule has 1 unspecified atom stereocenters. The lowest BCUT2D eigenvalue weighted by Gasteiger charge is -2.35. The molecule has 0 bridgehead atoms. The van der Waals surface area contributed by atoms with Gasteiger partial charge in [0.1, 0.15) is 0 Å². The zero-order valence-corrected chi connectivity index (χ0v) is 16.0. The number of nitrogens with two attached hydrogens (primary N) is 1. The fourth-order valence-electron chi connectivity index (χ4n) is 3.87. The molecule has 2 heterocycles. The number of hydrogen-bond donors (Lipinski definition) is 1. The Hall–Kier alpha value is -1.80. The van der Waals surface area contributed by atoms with Crippen molar-refractivity contribution in [1.82, 2.24) is 4.90 Å². The van der Waals surface area contributed by atoms with E-state index in [9.17, 15) is 13.2 Å². The van der Waals surface area contributed by atoms with Gasteiger partial charge >= 0.3 is 0 Å². The second-order valence-electron chi connectivity index (χ2n) is 7.01. The van der Waals surface area contributed by atoms with Crippen LogP contribution in [0.5, 0.6) is 0 Å². The standard InChI is InChI=1S/C18H27N3O4S/c1-25-10-9-21(14-7-11-26(23,24)13-14)18(22)12-20-8-3-4-15-16(19)5-2-6-17(15)20/h2,5-6,14H,3-4,7-13,19H2,1H3. The average molecular weight is 381 g/mol. The van der Waals surface area contributed by atoms with Gasteiger partial charge in [-0.3, -0.25) is 4.79 Å². The van der Waals surface area contributed by atoms with E-state index in [0.29, 0.717) is 19.6 Å². The van der Waals surface area contributed by atoms with E-state index >= 15 is 0 Å². The highest BCUT2D eigenvalue weighted by Gasteiger charge is 2.35. The van der Waals surface area contributed by atoms with Gasteiger partial charge in [-0.05, 0) is 37.0 Å². The van der Waals surface area contributed by atoms with Crippen LogP contribution in [0.2, 0.25) is 0 Å². The van der Waals surface area contributed by atoms with Crippen LogP contribution in [-0.2, 0) is 25.8 Å². The van der Waals surface area contributed by atoms with Gasteiger partial charge in [0.2, 0.25) is 5.91 Å². The summed E-state index contributed by atoms with van der Waals surface area (Å²) >= 11 is 0. The molecule has 1 aromatic carbocycles. The summed E-state index contributed by atoms with van der Waals surface area (Å²) in [6.45, 7) is 1.83. The summed E-state index contributed by atoms with van der Waals surface area (Å²) in [6.07, 6.45) is 2.37. The number of nitrogen functional groups attached to an aromatic ring is 1. The molecule has 2 aliphatic rings. The summed E-state index contributed by atoms with van der Waals surface area (Å²) in [6, 6.07) is 5.53. The Morgan fingerprint density at radius 1 is 1.42 bits per heavy atom. The topological polar surface area (TPSA) is 92.9 Å². The molecule has 0 radical (unpaired) electrons. The highest BCUT2D eigenvalue weighted by molar-refractivity contribution is 7.91. The molecule has 1 saturated heterocycles. The molecule has 0 aliphatic carbocycles. The lowest BCUT2D eigenvalue weighted by molar-refractivity contribution is -0.132. The zero-order chi connectivity index (χ0) is 18.7. The second-order valence-corrected chi connectivity index (χ2v) is 9.24. The number of nitrogens with zero attached hydrogens (tertiary/aromatic N) is 2. The maximum Gasteiger partial charge on any atom is 0.242 e. The Balaban J connectivity index is 1.75. The average Bonchev–Trinajstić information content (AvgIpc) is 2.96. The highest BCUT2D eigenvalue weighted by atomic mass is 32.2. The molecule has 1 fully saturated rings. The summed E-state index contributed by atoms with van der Waals surface area (Å²) in [5.41, 5.74) is 8.95. The molecular weight excluding hydrogens is 354 g/mol. The van der Waals surface area contributed by atoms with Crippen LogP contribution in [0.25, 0.3) is 0 Å². The number of amides is 1. The Morgan fingerprint density at radius 2 is 2.23 bits per heavy atom. The van der Waals surface area contributed by atoms with Crippen LogP contribution in [0.4, 0.5) is 11.4 Å². The number of fused-ring (bicyclic) bond motifs is 1. The molecule has 1 aromatic rings. The first-order valence-electron chi connectivity index (χ1n) is 9.02. The van der Waals surface area contributed by atoms with Crippen LogP contribution < -0.4 is 10.6 Å². The number of benzene rings is 1. The summed E-state index contributed by atoms with van der Waals surface area (Å²) in [5, 5.41) is 0. The van der Waals surface area contributed by atoms with Gasteiger partial charge < -0.3 is 20.3 Å². The summed E-state index contributed by atoms with van der Waals surface area (Å²) in [5.74, 6) is 0.142. The summed E-state index contributed by atoms with van der Waals surface area (Å²) < 4.78 is 28.8. The second kappa shape index (κ2) is 7.84. The van der Waals surface area contributed by atoms with Crippen molar-refractivity contribution < 1.29 is 17.9 Å². The number of sulfone groups is 1. The quantitative estimate of drug-likeness (QED) is 0.729. The van der Waals surface area contributed by atoms with Crippen LogP contribution in [0.3, 0.4) is 0 Å². The normalized spacial score (nSPS) is 21.4. The molecule has 0 saturated carbocycles. The molecule has 0 aromatic heterocycles. The van der Waals surface area contributed by atoms with Crippen molar-refractivity contribution in [2.24, 2.45) is 0 Å². The number of rotatable bonds is 6. The number of hydrogen-bond acceptors (Lipinski definition) is 6. The SMILES string of the molecule is COCCN(C(=O)CN1CCCc2c(N)cccc21)C1CCS(=O)(=O)C1. The van der Waals surface area contributed by atoms with Crippen LogP contribution >= 0.6 is 0 Å². The smallest absolute Gasteiger partial charge is 0.242 e. The minimum absolute atomic E-state index is 0.0476. The minimum atomic E-state index is -3.05. The molecular formula is C18H27N3O4S. The van der Waals surface area contributed by atoms with Crippen LogP contribution in [-0.4, -0.2) is 70.1 Å². The molecule has 144 valence electrons. The third-order valence-corrected chi connectivity index (χ3v) is 6.97. The van der Waals surface area contributed by atoms with E-state index in [2.05, 4.69) is 4.90 Å². The predicted molar refractivity (Wildman–Crippen MR) is 102 cm³/mol. The van der Waals surface area contributed by atoms with Gasteiger partial charge in [0.25, 0.3) is 0 Å². The fourth-order valence-corrected chi connectivity index (χ4v) is 5.60. The van der Waals surface area contributed by atoms with E-state index in [1.54, 1.807) is 12.0 Å². The van der Waals surface area contributed by atoms with Gasteiger partial charge in [-0.25, -0.2) is 8.42 Å². The number of carbonyl (C=O) groups excluding carboxylic acids is 1. The Labute approximate surface area is 155 Å². The summed E-state index contributed by atoms with van der Waals surface area (Å²) in [7, 11) is -1.47. The number of methoxy groups -OCH3 is 1. The first-order valence-corrected chi connectivity index (χ1v) is 10.8. The maximum absolute atomic E-state index is 13.0. The minimum Gasteiger partial charge on any atom is -0.398 e. The van der Waals surface area contributed by atoms with Gasteiger partial charge in [-0.15, -0.1) is 0 Å². The van der Waals surface area contributed by atoms with E-state index in [0.717, 1.165) is 36.3 Å². The van der Waals surface area contributed by atoms with Crippen molar-refractivity contribution in [3.8, 4) is 0 Å². The van der Waals surface area contributed by atoms with Crippen molar-refractivity contribution in [3.63, 3.8) is 0 Å². The first-order chi connectivity index (χ1) is 12.4. The molecule has 1 atom stereocenters. The molecule has 26 heavy (non-hydrogen) atoms. The summed E-state index contributed by atoms with van der Waals surface area (Å²) in [4.78, 5) is 16.8. The number of carbonyl (C=O) groups is 1. The Kier molecular flexibility index (Phi) is 5.72. The fraction of sp³-hybridized carbons (Fsp3) is 0.611. The first kappa shape index (κ1) is 19.0. The molecule has 3 rings (SSSR count). The number of ether oxygens (including phenoxy) is 1. The van der Waals surface area contributed by atoms with Crippen molar-refractivity contribution in [1.29, 1.82) is 0 Å². The van der Waals surface area contributed by atoms with E-state index in [4.69, 9.17) is 10.5 Å². The molecule has 2 N–H and O–H groups in total. The van der Waals surface area contributed by atoms with Gasteiger partial charge in [0.05, 0.1) is 24.7 Å². The van der Waals surface area contributed by atoms with Gasteiger partial charge in [0.15, 0.2) is 9.84 Å². The Bertz CT molecular complexity index is 766. The molecule has 8 heteroatoms. The molecule has 1 amide bonds. The van der Waals surface area contributed by atoms with Crippen molar-refractivity contribution in [2.75, 3.05) is 55.5 Å². The lowest BCUT2D eigenvalue weighted by Crippen LogP contribution is -2.48. The van der Waals surface area contributed by atoms with E-state index in [1.807, 2.05) is 18.2 Å². The van der Waals surface area contributed by atoms with Crippen molar-refractivity contribution >= 4 is 27.1 Å².